The second-order valence-corrected chi connectivity index (χ2v) is 9.09. The third kappa shape index (κ3) is 2.77. The Bertz CT molecular complexity index is 1170. The Morgan fingerprint density at radius 3 is 2.81 bits per heavy atom. The van der Waals surface area contributed by atoms with E-state index >= 15 is 0 Å². The van der Waals surface area contributed by atoms with Crippen molar-refractivity contribution >= 4 is 35.1 Å². The van der Waals surface area contributed by atoms with Crippen molar-refractivity contribution in [3.63, 3.8) is 0 Å². The number of anilines is 1. The van der Waals surface area contributed by atoms with Gasteiger partial charge in [0, 0.05) is 16.5 Å². The van der Waals surface area contributed by atoms with Crippen LogP contribution in [0.15, 0.2) is 36.4 Å². The molecule has 2 aromatic rings. The van der Waals surface area contributed by atoms with Crippen molar-refractivity contribution < 1.29 is 23.9 Å². The molecule has 0 saturated carbocycles. The lowest BCUT2D eigenvalue weighted by Crippen LogP contribution is -2.57. The molecule has 3 aliphatic rings. The largest absolute Gasteiger partial charge is 0.493 e. The Morgan fingerprint density at radius 2 is 2.06 bits per heavy atom. The lowest BCUT2D eigenvalue weighted by Gasteiger charge is -2.38. The van der Waals surface area contributed by atoms with Gasteiger partial charge in [-0.05, 0) is 45.0 Å². The number of amides is 2. The number of esters is 1. The first-order valence-corrected chi connectivity index (χ1v) is 11.0. The van der Waals surface area contributed by atoms with Crippen molar-refractivity contribution in [3.8, 4) is 5.75 Å². The number of hydrogen-bond acceptors (Lipinski definition) is 5. The first-order chi connectivity index (χ1) is 15.3. The van der Waals surface area contributed by atoms with Crippen molar-refractivity contribution in [2.45, 2.75) is 32.4 Å². The number of aryl methyl sites for hydroxylation is 1. The van der Waals surface area contributed by atoms with E-state index in [-0.39, 0.29) is 19.1 Å². The maximum atomic E-state index is 14.0. The average Bonchev–Trinajstić information content (AvgIpc) is 2.99. The molecule has 2 aromatic carbocycles. The SMILES string of the molecule is CCOC(=O)C1C2COc3ccc(C)cc3C2N2C(=O)c3ccc(Cl)cc3NC(=O)[C@@]12C. The zero-order valence-corrected chi connectivity index (χ0v) is 18.7. The summed E-state index contributed by atoms with van der Waals surface area (Å²) in [6.07, 6.45) is 0. The van der Waals surface area contributed by atoms with Gasteiger partial charge in [-0.15, -0.1) is 0 Å². The van der Waals surface area contributed by atoms with Gasteiger partial charge in [-0.1, -0.05) is 29.3 Å². The fraction of sp³-hybridized carbons (Fsp3) is 0.375. The van der Waals surface area contributed by atoms with Gasteiger partial charge in [0.1, 0.15) is 11.3 Å². The molecule has 1 saturated heterocycles. The zero-order valence-electron chi connectivity index (χ0n) is 18.0. The standard InChI is InChI=1S/C24H23ClN2O5/c1-4-31-22(29)19-16-11-32-18-8-5-12(2)9-15(18)20(16)27-21(28)14-7-6-13(25)10-17(14)26-23(30)24(19,27)3/h5-10,16,19-20H,4,11H2,1-3H3,(H,26,30)/t16?,19?,20?,24-/m1/s1. The number of carbonyl (C=O) groups excluding carboxylic acids is 3. The minimum Gasteiger partial charge on any atom is -0.493 e. The fourth-order valence-corrected chi connectivity index (χ4v) is 5.58. The van der Waals surface area contributed by atoms with E-state index in [0.717, 1.165) is 11.1 Å². The van der Waals surface area contributed by atoms with E-state index in [1.807, 2.05) is 25.1 Å². The minimum atomic E-state index is -1.47. The van der Waals surface area contributed by atoms with Crippen LogP contribution in [0.1, 0.15) is 41.4 Å². The highest BCUT2D eigenvalue weighted by Crippen LogP contribution is 2.57. The molecule has 5 rings (SSSR count). The van der Waals surface area contributed by atoms with Gasteiger partial charge in [-0.25, -0.2) is 0 Å². The van der Waals surface area contributed by atoms with Crippen molar-refractivity contribution in [2.75, 3.05) is 18.5 Å². The molecule has 3 aliphatic heterocycles. The molecule has 0 radical (unpaired) electrons. The molecule has 4 atom stereocenters. The van der Waals surface area contributed by atoms with Crippen LogP contribution in [0.3, 0.4) is 0 Å². The smallest absolute Gasteiger partial charge is 0.312 e. The van der Waals surface area contributed by atoms with Gasteiger partial charge in [0.2, 0.25) is 0 Å². The minimum absolute atomic E-state index is 0.171. The number of fused-ring (bicyclic) bond motifs is 6. The number of rotatable bonds is 2. The molecule has 0 bridgehead atoms. The summed E-state index contributed by atoms with van der Waals surface area (Å²) in [6.45, 7) is 5.68. The molecule has 32 heavy (non-hydrogen) atoms. The van der Waals surface area contributed by atoms with E-state index in [0.29, 0.717) is 22.0 Å². The average molecular weight is 455 g/mol. The Balaban J connectivity index is 1.76. The summed E-state index contributed by atoms with van der Waals surface area (Å²) in [5, 5.41) is 3.24. The second-order valence-electron chi connectivity index (χ2n) is 8.66. The van der Waals surface area contributed by atoms with Crippen molar-refractivity contribution in [3.05, 3.63) is 58.1 Å². The van der Waals surface area contributed by atoms with Crippen LogP contribution in [0.5, 0.6) is 5.75 Å². The highest BCUT2D eigenvalue weighted by atomic mass is 35.5. The van der Waals surface area contributed by atoms with Crippen LogP contribution in [0, 0.1) is 18.8 Å². The summed E-state index contributed by atoms with van der Waals surface area (Å²) in [5.74, 6) is -1.98. The maximum Gasteiger partial charge on any atom is 0.312 e. The summed E-state index contributed by atoms with van der Waals surface area (Å²) in [5.41, 5.74) is 0.971. The Hall–Kier alpha value is -3.06. The number of nitrogens with one attached hydrogen (secondary N) is 1. The highest BCUT2D eigenvalue weighted by Gasteiger charge is 2.67. The van der Waals surface area contributed by atoms with E-state index in [1.54, 1.807) is 36.9 Å². The van der Waals surface area contributed by atoms with Gasteiger partial charge in [0.15, 0.2) is 0 Å². The molecule has 3 heterocycles. The normalized spacial score (nSPS) is 27.9. The molecule has 0 aliphatic carbocycles. The van der Waals surface area contributed by atoms with Crippen LogP contribution >= 0.6 is 11.6 Å². The number of ether oxygens (including phenoxy) is 2. The van der Waals surface area contributed by atoms with Crippen LogP contribution in [-0.2, 0) is 14.3 Å². The van der Waals surface area contributed by atoms with Crippen molar-refractivity contribution in [1.82, 2.24) is 4.90 Å². The third-order valence-corrected chi connectivity index (χ3v) is 7.05. The lowest BCUT2D eigenvalue weighted by atomic mass is 9.77. The predicted molar refractivity (Wildman–Crippen MR) is 118 cm³/mol. The van der Waals surface area contributed by atoms with Gasteiger partial charge in [-0.2, -0.15) is 0 Å². The number of nitrogens with zero attached hydrogens (tertiary/aromatic N) is 1. The third-order valence-electron chi connectivity index (χ3n) is 6.81. The number of hydrogen-bond donors (Lipinski definition) is 1. The number of benzene rings is 2. The topological polar surface area (TPSA) is 84.9 Å². The summed E-state index contributed by atoms with van der Waals surface area (Å²) in [7, 11) is 0. The van der Waals surface area contributed by atoms with E-state index in [2.05, 4.69) is 5.32 Å². The summed E-state index contributed by atoms with van der Waals surface area (Å²) >= 11 is 6.13. The molecule has 166 valence electrons. The van der Waals surface area contributed by atoms with Crippen LogP contribution < -0.4 is 10.1 Å². The van der Waals surface area contributed by atoms with Crippen LogP contribution in [0.2, 0.25) is 5.02 Å². The van der Waals surface area contributed by atoms with Crippen molar-refractivity contribution in [2.24, 2.45) is 11.8 Å². The van der Waals surface area contributed by atoms with Crippen LogP contribution in [0.25, 0.3) is 0 Å². The molecule has 7 nitrogen and oxygen atoms in total. The van der Waals surface area contributed by atoms with E-state index in [1.165, 1.54) is 0 Å². The van der Waals surface area contributed by atoms with Gasteiger partial charge in [-0.3, -0.25) is 14.4 Å². The van der Waals surface area contributed by atoms with E-state index in [4.69, 9.17) is 21.1 Å². The molecular weight excluding hydrogens is 432 g/mol. The second kappa shape index (κ2) is 7.24. The van der Waals surface area contributed by atoms with Crippen LogP contribution in [0.4, 0.5) is 5.69 Å². The van der Waals surface area contributed by atoms with Gasteiger partial charge in [0.05, 0.1) is 36.4 Å². The molecule has 1 fully saturated rings. The fourth-order valence-electron chi connectivity index (χ4n) is 5.41. The monoisotopic (exact) mass is 454 g/mol. The molecular formula is C24H23ClN2O5. The van der Waals surface area contributed by atoms with Gasteiger partial charge >= 0.3 is 5.97 Å². The first kappa shape index (κ1) is 20.8. The van der Waals surface area contributed by atoms with E-state index in [9.17, 15) is 14.4 Å². The molecule has 1 N–H and O–H groups in total. The highest BCUT2D eigenvalue weighted by molar-refractivity contribution is 6.31. The molecule has 2 amide bonds. The number of halogens is 1. The Labute approximate surface area is 190 Å². The summed E-state index contributed by atoms with van der Waals surface area (Å²) in [4.78, 5) is 42.4. The van der Waals surface area contributed by atoms with Crippen molar-refractivity contribution in [1.29, 1.82) is 0 Å². The maximum absolute atomic E-state index is 14.0. The number of carbonyl (C=O) groups is 3. The lowest BCUT2D eigenvalue weighted by molar-refractivity contribution is -0.155. The molecule has 8 heteroatoms. The zero-order chi connectivity index (χ0) is 22.8. The van der Waals surface area contributed by atoms with Gasteiger partial charge < -0.3 is 19.7 Å². The predicted octanol–water partition coefficient (Wildman–Crippen LogP) is 3.74. The molecule has 0 aromatic heterocycles. The van der Waals surface area contributed by atoms with E-state index < -0.39 is 35.3 Å². The molecule has 3 unspecified atom stereocenters. The Morgan fingerprint density at radius 1 is 1.28 bits per heavy atom. The molecule has 0 spiro atoms. The van der Waals surface area contributed by atoms with Crippen LogP contribution in [-0.4, -0.2) is 41.4 Å². The van der Waals surface area contributed by atoms with Gasteiger partial charge in [0.25, 0.3) is 11.8 Å². The Kier molecular flexibility index (Phi) is 4.71. The first-order valence-electron chi connectivity index (χ1n) is 10.6. The summed E-state index contributed by atoms with van der Waals surface area (Å²) < 4.78 is 11.4. The quantitative estimate of drug-likeness (QED) is 0.699. The summed E-state index contributed by atoms with van der Waals surface area (Å²) in [6, 6.07) is 10.0.